The van der Waals surface area contributed by atoms with Gasteiger partial charge < -0.3 is 15.5 Å². The maximum atomic E-state index is 13.2. The predicted octanol–water partition coefficient (Wildman–Crippen LogP) is 1.76. The molecule has 3 heterocycles. The Bertz CT molecular complexity index is 1220. The van der Waals surface area contributed by atoms with Crippen molar-refractivity contribution in [3.05, 3.63) is 78.0 Å². The number of hydrogen-bond acceptors (Lipinski definition) is 7. The van der Waals surface area contributed by atoms with Crippen LogP contribution in [0.15, 0.2) is 65.8 Å². The van der Waals surface area contributed by atoms with Crippen LogP contribution in [0, 0.1) is 5.82 Å². The number of amides is 1. The number of carbonyl (C=O) groups excluding carboxylic acids is 1. The summed E-state index contributed by atoms with van der Waals surface area (Å²) in [5.41, 5.74) is 1.06. The van der Waals surface area contributed by atoms with E-state index in [4.69, 9.17) is 0 Å². The molecule has 1 amide bonds. The molecule has 0 unspecified atom stereocenters. The van der Waals surface area contributed by atoms with Crippen molar-refractivity contribution in [2.24, 2.45) is 0 Å². The number of rotatable bonds is 7. The van der Waals surface area contributed by atoms with Crippen molar-refractivity contribution in [2.45, 2.75) is 11.4 Å². The van der Waals surface area contributed by atoms with E-state index in [9.17, 15) is 17.6 Å². The number of hydrogen-bond donors (Lipinski definition) is 3. The lowest BCUT2D eigenvalue weighted by Gasteiger charge is -2.30. The molecule has 172 valence electrons. The fourth-order valence-corrected chi connectivity index (χ4v) is 4.44. The second-order valence-corrected chi connectivity index (χ2v) is 9.08. The molecular formula is C22H23FN6O3S. The van der Waals surface area contributed by atoms with Gasteiger partial charge in [-0.1, -0.05) is 6.07 Å². The zero-order valence-electron chi connectivity index (χ0n) is 17.7. The smallest absolute Gasteiger partial charge is 0.261 e. The lowest BCUT2D eigenvalue weighted by molar-refractivity contribution is 0.0950. The van der Waals surface area contributed by atoms with Gasteiger partial charge in [0, 0.05) is 32.4 Å². The van der Waals surface area contributed by atoms with Crippen molar-refractivity contribution in [2.75, 3.05) is 35.8 Å². The van der Waals surface area contributed by atoms with E-state index in [-0.39, 0.29) is 22.7 Å². The number of carbonyl (C=O) groups is 1. The van der Waals surface area contributed by atoms with Crippen LogP contribution in [0.5, 0.6) is 0 Å². The fraction of sp³-hybridized carbons (Fsp3) is 0.227. The van der Waals surface area contributed by atoms with E-state index >= 15 is 0 Å². The molecule has 1 saturated heterocycles. The molecule has 33 heavy (non-hydrogen) atoms. The Morgan fingerprint density at radius 2 is 1.85 bits per heavy atom. The van der Waals surface area contributed by atoms with Crippen LogP contribution in [-0.4, -0.2) is 50.5 Å². The van der Waals surface area contributed by atoms with Gasteiger partial charge in [-0.25, -0.2) is 17.8 Å². The molecule has 0 bridgehead atoms. The number of nitrogens with one attached hydrogen (secondary N) is 3. The maximum absolute atomic E-state index is 13.2. The number of nitrogens with zero attached hydrogens (tertiary/aromatic N) is 3. The minimum atomic E-state index is -3.99. The van der Waals surface area contributed by atoms with Crippen molar-refractivity contribution in [1.29, 1.82) is 0 Å². The van der Waals surface area contributed by atoms with Crippen LogP contribution in [-0.2, 0) is 16.6 Å². The summed E-state index contributed by atoms with van der Waals surface area (Å²) >= 11 is 0. The number of aromatic nitrogens is 2. The average molecular weight is 471 g/mol. The second kappa shape index (κ2) is 9.92. The highest BCUT2D eigenvalue weighted by Gasteiger charge is 2.22. The molecule has 11 heteroatoms. The monoisotopic (exact) mass is 470 g/mol. The van der Waals surface area contributed by atoms with E-state index in [2.05, 4.69) is 25.3 Å². The van der Waals surface area contributed by atoms with E-state index < -0.39 is 21.7 Å². The van der Waals surface area contributed by atoms with Crippen LogP contribution in [0.3, 0.4) is 0 Å². The topological polar surface area (TPSA) is 116 Å². The number of halogens is 1. The quantitative estimate of drug-likeness (QED) is 0.482. The van der Waals surface area contributed by atoms with Gasteiger partial charge in [-0.05, 0) is 42.5 Å². The molecule has 0 saturated carbocycles. The number of anilines is 2. The SMILES string of the molecule is O=C(NCc1ccccn1)c1cc(NS(=O)(=O)c2ccc(F)cc2)cnc1N1CCNCC1. The van der Waals surface area contributed by atoms with Gasteiger partial charge in [-0.3, -0.25) is 14.5 Å². The molecule has 9 nitrogen and oxygen atoms in total. The minimum Gasteiger partial charge on any atom is -0.353 e. The van der Waals surface area contributed by atoms with Gasteiger partial charge >= 0.3 is 0 Å². The summed E-state index contributed by atoms with van der Waals surface area (Å²) in [6.45, 7) is 3.03. The third kappa shape index (κ3) is 5.62. The Kier molecular flexibility index (Phi) is 6.80. The first-order chi connectivity index (χ1) is 15.9. The highest BCUT2D eigenvalue weighted by molar-refractivity contribution is 7.92. The summed E-state index contributed by atoms with van der Waals surface area (Å²) in [5, 5.41) is 6.07. The molecule has 3 N–H and O–H groups in total. The molecule has 1 aromatic carbocycles. The maximum Gasteiger partial charge on any atom is 0.261 e. The molecule has 1 fully saturated rings. The van der Waals surface area contributed by atoms with Crippen molar-refractivity contribution >= 4 is 27.4 Å². The molecule has 1 aliphatic heterocycles. The summed E-state index contributed by atoms with van der Waals surface area (Å²) < 4.78 is 41.0. The molecule has 0 radical (unpaired) electrons. The number of piperazine rings is 1. The molecule has 2 aromatic heterocycles. The Morgan fingerprint density at radius 1 is 1.09 bits per heavy atom. The normalized spacial score (nSPS) is 14.0. The highest BCUT2D eigenvalue weighted by Crippen LogP contribution is 2.24. The average Bonchev–Trinajstić information content (AvgIpc) is 2.84. The zero-order chi connectivity index (χ0) is 23.3. The Hall–Kier alpha value is -3.57. The first-order valence-electron chi connectivity index (χ1n) is 10.3. The summed E-state index contributed by atoms with van der Waals surface area (Å²) in [5.74, 6) is -0.466. The first kappa shape index (κ1) is 22.6. The van der Waals surface area contributed by atoms with Crippen molar-refractivity contribution < 1.29 is 17.6 Å². The lowest BCUT2D eigenvalue weighted by atomic mass is 10.2. The van der Waals surface area contributed by atoms with Crippen molar-refractivity contribution in [1.82, 2.24) is 20.6 Å². The Morgan fingerprint density at radius 3 is 2.55 bits per heavy atom. The molecule has 0 spiro atoms. The van der Waals surface area contributed by atoms with Crippen LogP contribution in [0.2, 0.25) is 0 Å². The van der Waals surface area contributed by atoms with Crippen LogP contribution in [0.4, 0.5) is 15.9 Å². The van der Waals surface area contributed by atoms with Gasteiger partial charge in [-0.2, -0.15) is 0 Å². The molecule has 3 aromatic rings. The summed E-state index contributed by atoms with van der Waals surface area (Å²) in [6.07, 6.45) is 3.01. The minimum absolute atomic E-state index is 0.101. The summed E-state index contributed by atoms with van der Waals surface area (Å²) in [6, 6.07) is 11.3. The van der Waals surface area contributed by atoms with Gasteiger partial charge in [-0.15, -0.1) is 0 Å². The molecular weight excluding hydrogens is 447 g/mol. The second-order valence-electron chi connectivity index (χ2n) is 7.40. The summed E-state index contributed by atoms with van der Waals surface area (Å²) in [7, 11) is -3.99. The van der Waals surface area contributed by atoms with E-state index in [1.165, 1.54) is 24.4 Å². The molecule has 1 aliphatic rings. The largest absolute Gasteiger partial charge is 0.353 e. The van der Waals surface area contributed by atoms with E-state index in [0.717, 1.165) is 25.2 Å². The zero-order valence-corrected chi connectivity index (χ0v) is 18.5. The van der Waals surface area contributed by atoms with Crippen molar-refractivity contribution in [3.63, 3.8) is 0 Å². The van der Waals surface area contributed by atoms with Crippen LogP contribution < -0.4 is 20.3 Å². The fourth-order valence-electron chi connectivity index (χ4n) is 3.41. The van der Waals surface area contributed by atoms with Crippen molar-refractivity contribution in [3.8, 4) is 0 Å². The molecule has 0 aliphatic carbocycles. The Labute approximate surface area is 191 Å². The standard InChI is InChI=1S/C22H23FN6O3S/c23-16-4-6-19(7-5-16)33(31,32)28-18-13-20(21(26-15-18)29-11-9-24-10-12-29)22(30)27-14-17-3-1-2-8-25-17/h1-8,13,15,24,28H,9-12,14H2,(H,27,30). The van der Waals surface area contributed by atoms with Gasteiger partial charge in [0.15, 0.2) is 0 Å². The Balaban J connectivity index is 1.61. The number of pyridine rings is 2. The van der Waals surface area contributed by atoms with Gasteiger partial charge in [0.25, 0.3) is 15.9 Å². The molecule has 0 atom stereocenters. The summed E-state index contributed by atoms with van der Waals surface area (Å²) in [4.78, 5) is 23.5. The van der Waals surface area contributed by atoms with E-state index in [1.807, 2.05) is 11.0 Å². The van der Waals surface area contributed by atoms with E-state index in [0.29, 0.717) is 24.6 Å². The first-order valence-corrected chi connectivity index (χ1v) is 11.8. The lowest BCUT2D eigenvalue weighted by Crippen LogP contribution is -2.44. The number of benzene rings is 1. The van der Waals surface area contributed by atoms with Gasteiger partial charge in [0.2, 0.25) is 0 Å². The highest BCUT2D eigenvalue weighted by atomic mass is 32.2. The molecule has 4 rings (SSSR count). The number of sulfonamides is 1. The van der Waals surface area contributed by atoms with Gasteiger partial charge in [0.1, 0.15) is 11.6 Å². The predicted molar refractivity (Wildman–Crippen MR) is 122 cm³/mol. The van der Waals surface area contributed by atoms with Gasteiger partial charge in [0.05, 0.1) is 34.6 Å². The van der Waals surface area contributed by atoms with Crippen LogP contribution in [0.25, 0.3) is 0 Å². The third-order valence-electron chi connectivity index (χ3n) is 5.06. The van der Waals surface area contributed by atoms with Crippen LogP contribution in [0.1, 0.15) is 16.1 Å². The third-order valence-corrected chi connectivity index (χ3v) is 6.46. The van der Waals surface area contributed by atoms with E-state index in [1.54, 1.807) is 18.3 Å². The van der Waals surface area contributed by atoms with Crippen LogP contribution >= 0.6 is 0 Å².